The van der Waals surface area contributed by atoms with Crippen molar-refractivity contribution in [2.24, 2.45) is 0 Å². The molecule has 0 aliphatic carbocycles. The van der Waals surface area contributed by atoms with Crippen molar-refractivity contribution in [2.75, 3.05) is 6.54 Å². The van der Waals surface area contributed by atoms with Crippen LogP contribution >= 0.6 is 11.6 Å². The molecule has 0 saturated heterocycles. The Morgan fingerprint density at radius 2 is 1.75 bits per heavy atom. The number of benzene rings is 1. The molecule has 24 heavy (non-hydrogen) atoms. The summed E-state index contributed by atoms with van der Waals surface area (Å²) >= 11 is 5.70. The van der Waals surface area contributed by atoms with Gasteiger partial charge in [0.2, 0.25) is 10.0 Å². The molecule has 0 fully saturated rings. The minimum atomic E-state index is -3.73. The molecule has 1 atom stereocenters. The third-order valence-corrected chi connectivity index (χ3v) is 4.58. The van der Waals surface area contributed by atoms with E-state index in [2.05, 4.69) is 10.0 Å². The summed E-state index contributed by atoms with van der Waals surface area (Å²) in [5.41, 5.74) is 0. The lowest BCUT2D eigenvalue weighted by atomic mass is 10.3. The van der Waals surface area contributed by atoms with E-state index in [9.17, 15) is 18.0 Å². The highest BCUT2D eigenvalue weighted by molar-refractivity contribution is 7.89. The molecule has 0 aromatic heterocycles. The van der Waals surface area contributed by atoms with Crippen molar-refractivity contribution < 1.29 is 22.7 Å². The number of carbonyl (C=O) groups excluding carboxylic acids is 2. The summed E-state index contributed by atoms with van der Waals surface area (Å²) in [5.74, 6) is -1.07. The van der Waals surface area contributed by atoms with E-state index in [0.717, 1.165) is 0 Å². The van der Waals surface area contributed by atoms with Crippen molar-refractivity contribution in [1.29, 1.82) is 0 Å². The SMILES string of the molecule is CC(C)NC(=O)[C@@H](C)OC(=O)CCNS(=O)(=O)c1ccc(Cl)cc1. The van der Waals surface area contributed by atoms with Gasteiger partial charge in [0.1, 0.15) is 0 Å². The minimum absolute atomic E-state index is 0.0462. The van der Waals surface area contributed by atoms with Gasteiger partial charge in [-0.1, -0.05) is 11.6 Å². The molecule has 1 amide bonds. The first-order chi connectivity index (χ1) is 11.1. The number of nitrogens with one attached hydrogen (secondary N) is 2. The number of rotatable bonds is 8. The monoisotopic (exact) mass is 376 g/mol. The molecular formula is C15H21ClN2O5S. The molecule has 1 aromatic rings. The smallest absolute Gasteiger partial charge is 0.307 e. The Labute approximate surface area is 146 Å². The first-order valence-corrected chi connectivity index (χ1v) is 9.23. The second-order valence-electron chi connectivity index (χ2n) is 5.40. The van der Waals surface area contributed by atoms with E-state index in [1.54, 1.807) is 13.8 Å². The van der Waals surface area contributed by atoms with Gasteiger partial charge >= 0.3 is 5.97 Å². The average Bonchev–Trinajstić information content (AvgIpc) is 2.46. The number of amides is 1. The standard InChI is InChI=1S/C15H21ClN2O5S/c1-10(2)18-15(20)11(3)23-14(19)8-9-17-24(21,22)13-6-4-12(16)5-7-13/h4-7,10-11,17H,8-9H2,1-3H3,(H,18,20)/t11-/m1/s1. The van der Waals surface area contributed by atoms with Crippen LogP contribution in [0.15, 0.2) is 29.2 Å². The fourth-order valence-corrected chi connectivity index (χ4v) is 2.85. The summed E-state index contributed by atoms with van der Waals surface area (Å²) in [6.45, 7) is 4.89. The summed E-state index contributed by atoms with van der Waals surface area (Å²) in [4.78, 5) is 23.3. The molecule has 7 nitrogen and oxygen atoms in total. The highest BCUT2D eigenvalue weighted by atomic mass is 35.5. The van der Waals surface area contributed by atoms with E-state index < -0.39 is 28.0 Å². The molecule has 134 valence electrons. The van der Waals surface area contributed by atoms with Crippen LogP contribution in [0.25, 0.3) is 0 Å². The summed E-state index contributed by atoms with van der Waals surface area (Å²) < 4.78 is 31.2. The van der Waals surface area contributed by atoms with Crippen LogP contribution in [0.2, 0.25) is 5.02 Å². The molecular weight excluding hydrogens is 356 g/mol. The van der Waals surface area contributed by atoms with Crippen LogP contribution in [0.5, 0.6) is 0 Å². The number of ether oxygens (including phenoxy) is 1. The van der Waals surface area contributed by atoms with E-state index in [-0.39, 0.29) is 23.9 Å². The molecule has 0 aliphatic heterocycles. The number of esters is 1. The average molecular weight is 377 g/mol. The van der Waals surface area contributed by atoms with Crippen LogP contribution in [0.3, 0.4) is 0 Å². The maximum absolute atomic E-state index is 12.0. The molecule has 0 aliphatic rings. The van der Waals surface area contributed by atoms with Crippen molar-refractivity contribution in [3.8, 4) is 0 Å². The van der Waals surface area contributed by atoms with Crippen LogP contribution in [-0.4, -0.2) is 39.0 Å². The molecule has 0 saturated carbocycles. The van der Waals surface area contributed by atoms with Crippen molar-refractivity contribution in [1.82, 2.24) is 10.0 Å². The number of hydrogen-bond donors (Lipinski definition) is 2. The van der Waals surface area contributed by atoms with Crippen LogP contribution < -0.4 is 10.0 Å². The Balaban J connectivity index is 2.45. The third kappa shape index (κ3) is 6.86. The Bertz CT molecular complexity index is 674. The Morgan fingerprint density at radius 3 is 2.29 bits per heavy atom. The molecule has 1 rings (SSSR count). The second-order valence-corrected chi connectivity index (χ2v) is 7.60. The van der Waals surface area contributed by atoms with Crippen molar-refractivity contribution in [2.45, 2.75) is 44.2 Å². The molecule has 2 N–H and O–H groups in total. The van der Waals surface area contributed by atoms with Crippen LogP contribution in [-0.2, 0) is 24.3 Å². The first-order valence-electron chi connectivity index (χ1n) is 7.37. The normalized spacial score (nSPS) is 12.7. The molecule has 9 heteroatoms. The molecule has 0 heterocycles. The van der Waals surface area contributed by atoms with Gasteiger partial charge in [-0.15, -0.1) is 0 Å². The van der Waals surface area contributed by atoms with Crippen molar-refractivity contribution >= 4 is 33.5 Å². The number of carbonyl (C=O) groups is 2. The highest BCUT2D eigenvalue weighted by Crippen LogP contribution is 2.13. The van der Waals surface area contributed by atoms with E-state index in [1.807, 2.05) is 0 Å². The van der Waals surface area contributed by atoms with Gasteiger partial charge in [-0.3, -0.25) is 9.59 Å². The van der Waals surface area contributed by atoms with Crippen molar-refractivity contribution in [3.63, 3.8) is 0 Å². The van der Waals surface area contributed by atoms with Gasteiger partial charge in [-0.05, 0) is 45.0 Å². The van der Waals surface area contributed by atoms with Gasteiger partial charge in [0.05, 0.1) is 11.3 Å². The quantitative estimate of drug-likeness (QED) is 0.669. The highest BCUT2D eigenvalue weighted by Gasteiger charge is 2.19. The molecule has 0 spiro atoms. The first kappa shape index (κ1) is 20.4. The van der Waals surface area contributed by atoms with Gasteiger partial charge in [-0.2, -0.15) is 0 Å². The van der Waals surface area contributed by atoms with Gasteiger partial charge in [-0.25, -0.2) is 13.1 Å². The second kappa shape index (κ2) is 9.00. The van der Waals surface area contributed by atoms with Crippen LogP contribution in [0.4, 0.5) is 0 Å². The summed E-state index contributed by atoms with van der Waals surface area (Å²) in [7, 11) is -3.73. The fraction of sp³-hybridized carbons (Fsp3) is 0.467. The Hall–Kier alpha value is -1.64. The summed E-state index contributed by atoms with van der Waals surface area (Å²) in [6, 6.07) is 5.58. The predicted molar refractivity (Wildman–Crippen MR) is 90.1 cm³/mol. The van der Waals surface area contributed by atoms with Crippen molar-refractivity contribution in [3.05, 3.63) is 29.3 Å². The molecule has 1 aromatic carbocycles. The summed E-state index contributed by atoms with van der Waals surface area (Å²) in [6.07, 6.45) is -1.13. The maximum Gasteiger partial charge on any atom is 0.307 e. The number of sulfonamides is 1. The third-order valence-electron chi connectivity index (χ3n) is 2.85. The fourth-order valence-electron chi connectivity index (χ4n) is 1.70. The van der Waals surface area contributed by atoms with Crippen LogP contribution in [0, 0.1) is 0 Å². The molecule has 0 bridgehead atoms. The lowest BCUT2D eigenvalue weighted by Gasteiger charge is -2.15. The number of halogens is 1. The summed E-state index contributed by atoms with van der Waals surface area (Å²) in [5, 5.41) is 3.04. The zero-order valence-corrected chi connectivity index (χ0v) is 15.3. The molecule has 0 radical (unpaired) electrons. The van der Waals surface area contributed by atoms with E-state index in [1.165, 1.54) is 31.2 Å². The maximum atomic E-state index is 12.0. The zero-order valence-electron chi connectivity index (χ0n) is 13.7. The lowest BCUT2D eigenvalue weighted by Crippen LogP contribution is -2.39. The van der Waals surface area contributed by atoms with Crippen LogP contribution in [0.1, 0.15) is 27.2 Å². The van der Waals surface area contributed by atoms with Gasteiger partial charge in [0.15, 0.2) is 6.10 Å². The van der Waals surface area contributed by atoms with Gasteiger partial charge in [0, 0.05) is 17.6 Å². The van der Waals surface area contributed by atoms with E-state index in [0.29, 0.717) is 5.02 Å². The topological polar surface area (TPSA) is 102 Å². The minimum Gasteiger partial charge on any atom is -0.453 e. The molecule has 0 unspecified atom stereocenters. The predicted octanol–water partition coefficient (Wildman–Crippen LogP) is 1.46. The number of hydrogen-bond acceptors (Lipinski definition) is 5. The largest absolute Gasteiger partial charge is 0.453 e. The van der Waals surface area contributed by atoms with E-state index >= 15 is 0 Å². The lowest BCUT2D eigenvalue weighted by molar-refractivity contribution is -0.154. The van der Waals surface area contributed by atoms with E-state index in [4.69, 9.17) is 16.3 Å². The Kier molecular flexibility index (Phi) is 7.65. The van der Waals surface area contributed by atoms with Gasteiger partial charge < -0.3 is 10.1 Å². The Morgan fingerprint density at radius 1 is 1.17 bits per heavy atom. The van der Waals surface area contributed by atoms with Gasteiger partial charge in [0.25, 0.3) is 5.91 Å². The zero-order chi connectivity index (χ0) is 18.3.